The van der Waals surface area contributed by atoms with Gasteiger partial charge in [-0.25, -0.2) is 8.78 Å². The molecule has 0 aromatic heterocycles. The average molecular weight is 217 g/mol. The number of hydrogen-bond acceptors (Lipinski definition) is 2. The Kier molecular flexibility index (Phi) is 2.56. The second kappa shape index (κ2) is 3.73. The Morgan fingerprint density at radius 2 is 1.87 bits per heavy atom. The number of nitrogens with zero attached hydrogens (tertiary/aromatic N) is 1. The highest BCUT2D eigenvalue weighted by Gasteiger charge is 2.26. The average Bonchev–Trinajstić information content (AvgIpc) is 2.16. The lowest BCUT2D eigenvalue weighted by Gasteiger charge is -2.36. The maximum atomic E-state index is 13.1. The first kappa shape index (κ1) is 10.3. The highest BCUT2D eigenvalue weighted by Crippen LogP contribution is 2.24. The summed E-state index contributed by atoms with van der Waals surface area (Å²) >= 11 is 0. The third-order valence-electron chi connectivity index (χ3n) is 2.32. The van der Waals surface area contributed by atoms with E-state index < -0.39 is 17.5 Å². The summed E-state index contributed by atoms with van der Waals surface area (Å²) in [5.41, 5.74) is 0. The minimum absolute atomic E-state index is 0.144. The fraction of sp³-hybridized carbons (Fsp3) is 0.400. The number of likely N-dealkylation sites (N-methyl/N-ethyl adjacent to an activating group) is 1. The summed E-state index contributed by atoms with van der Waals surface area (Å²) in [5.74, 6) is -4.18. The van der Waals surface area contributed by atoms with E-state index in [4.69, 9.17) is 4.74 Å². The van der Waals surface area contributed by atoms with Gasteiger partial charge in [-0.05, 0) is 19.2 Å². The molecule has 1 aromatic carbocycles. The zero-order valence-corrected chi connectivity index (χ0v) is 8.14. The summed E-state index contributed by atoms with van der Waals surface area (Å²) < 4.78 is 43.7. The van der Waals surface area contributed by atoms with Crippen molar-refractivity contribution in [1.82, 2.24) is 4.90 Å². The molecule has 0 unspecified atom stereocenters. The number of rotatable bonds is 2. The van der Waals surface area contributed by atoms with Crippen LogP contribution >= 0.6 is 0 Å². The van der Waals surface area contributed by atoms with E-state index in [1.54, 1.807) is 0 Å². The summed E-state index contributed by atoms with van der Waals surface area (Å²) in [5, 5.41) is 0. The molecule has 0 spiro atoms. The fourth-order valence-corrected chi connectivity index (χ4v) is 1.50. The van der Waals surface area contributed by atoms with Crippen molar-refractivity contribution in [2.45, 2.75) is 6.10 Å². The van der Waals surface area contributed by atoms with Crippen LogP contribution in [-0.4, -0.2) is 31.1 Å². The van der Waals surface area contributed by atoms with Crippen molar-refractivity contribution in [2.75, 3.05) is 20.1 Å². The molecule has 5 heteroatoms. The maximum absolute atomic E-state index is 13.1. The van der Waals surface area contributed by atoms with Gasteiger partial charge in [-0.15, -0.1) is 0 Å². The second-order valence-corrected chi connectivity index (χ2v) is 3.63. The number of halogens is 3. The molecule has 1 aromatic rings. The highest BCUT2D eigenvalue weighted by atomic mass is 19.2. The third kappa shape index (κ3) is 1.92. The standard InChI is InChI=1S/C10H10F3NO/c1-14-4-6(5-14)15-8-3-2-7(11)9(12)10(8)13/h2-3,6H,4-5H2,1H3. The van der Waals surface area contributed by atoms with Crippen LogP contribution in [0.15, 0.2) is 12.1 Å². The summed E-state index contributed by atoms with van der Waals surface area (Å²) in [7, 11) is 1.89. The van der Waals surface area contributed by atoms with Gasteiger partial charge in [-0.3, -0.25) is 4.90 Å². The van der Waals surface area contributed by atoms with Crippen molar-refractivity contribution in [2.24, 2.45) is 0 Å². The lowest BCUT2D eigenvalue weighted by molar-refractivity contribution is 0.0354. The number of hydrogen-bond donors (Lipinski definition) is 0. The molecule has 0 radical (unpaired) electrons. The Balaban J connectivity index is 2.12. The number of ether oxygens (including phenoxy) is 1. The molecule has 1 aliphatic rings. The molecule has 15 heavy (non-hydrogen) atoms. The first-order chi connectivity index (χ1) is 7.08. The number of likely N-dealkylation sites (tertiary alicyclic amines) is 1. The van der Waals surface area contributed by atoms with Crippen LogP contribution in [0.1, 0.15) is 0 Å². The quantitative estimate of drug-likeness (QED) is 0.700. The van der Waals surface area contributed by atoms with Gasteiger partial charge in [-0.2, -0.15) is 4.39 Å². The number of benzene rings is 1. The maximum Gasteiger partial charge on any atom is 0.203 e. The molecular formula is C10H10F3NO. The van der Waals surface area contributed by atoms with Gasteiger partial charge in [0.1, 0.15) is 6.10 Å². The summed E-state index contributed by atoms with van der Waals surface area (Å²) in [6.45, 7) is 1.33. The predicted octanol–water partition coefficient (Wildman–Crippen LogP) is 1.80. The van der Waals surface area contributed by atoms with Crippen LogP contribution in [0, 0.1) is 17.5 Å². The van der Waals surface area contributed by atoms with E-state index in [2.05, 4.69) is 0 Å². The van der Waals surface area contributed by atoms with Crippen LogP contribution in [0.25, 0.3) is 0 Å². The highest BCUT2D eigenvalue weighted by molar-refractivity contribution is 5.26. The van der Waals surface area contributed by atoms with E-state index in [0.717, 1.165) is 12.1 Å². The zero-order chi connectivity index (χ0) is 11.0. The molecule has 0 saturated carbocycles. The van der Waals surface area contributed by atoms with Gasteiger partial charge >= 0.3 is 0 Å². The second-order valence-electron chi connectivity index (χ2n) is 3.63. The van der Waals surface area contributed by atoms with Crippen LogP contribution in [0.5, 0.6) is 5.75 Å². The molecule has 0 N–H and O–H groups in total. The lowest BCUT2D eigenvalue weighted by atomic mass is 10.2. The van der Waals surface area contributed by atoms with Crippen molar-refractivity contribution in [3.8, 4) is 5.75 Å². The monoisotopic (exact) mass is 217 g/mol. The van der Waals surface area contributed by atoms with E-state index in [1.807, 2.05) is 11.9 Å². The molecule has 1 heterocycles. The molecule has 2 nitrogen and oxygen atoms in total. The van der Waals surface area contributed by atoms with Crippen LogP contribution < -0.4 is 4.74 Å². The summed E-state index contributed by atoms with van der Waals surface area (Å²) in [6, 6.07) is 1.96. The van der Waals surface area contributed by atoms with Crippen molar-refractivity contribution in [3.63, 3.8) is 0 Å². The van der Waals surface area contributed by atoms with Crippen molar-refractivity contribution in [1.29, 1.82) is 0 Å². The zero-order valence-electron chi connectivity index (χ0n) is 8.14. The smallest absolute Gasteiger partial charge is 0.203 e. The van der Waals surface area contributed by atoms with Gasteiger partial charge in [0.25, 0.3) is 0 Å². The fourth-order valence-electron chi connectivity index (χ4n) is 1.50. The van der Waals surface area contributed by atoms with Crippen LogP contribution in [0.2, 0.25) is 0 Å². The molecule has 1 aliphatic heterocycles. The van der Waals surface area contributed by atoms with Crippen LogP contribution in [0.4, 0.5) is 13.2 Å². The minimum Gasteiger partial charge on any atom is -0.485 e. The minimum atomic E-state index is -1.49. The Morgan fingerprint density at radius 3 is 2.47 bits per heavy atom. The molecule has 1 saturated heterocycles. The third-order valence-corrected chi connectivity index (χ3v) is 2.32. The van der Waals surface area contributed by atoms with Crippen LogP contribution in [-0.2, 0) is 0 Å². The Labute approximate surface area is 85.3 Å². The van der Waals surface area contributed by atoms with Crippen molar-refractivity contribution in [3.05, 3.63) is 29.6 Å². The largest absolute Gasteiger partial charge is 0.485 e. The SMILES string of the molecule is CN1CC(Oc2ccc(F)c(F)c2F)C1. The van der Waals surface area contributed by atoms with Crippen LogP contribution in [0.3, 0.4) is 0 Å². The van der Waals surface area contributed by atoms with Crippen molar-refractivity contribution >= 4 is 0 Å². The molecule has 82 valence electrons. The van der Waals surface area contributed by atoms with E-state index in [9.17, 15) is 13.2 Å². The molecule has 0 aliphatic carbocycles. The molecule has 0 bridgehead atoms. The van der Waals surface area contributed by atoms with Gasteiger partial charge in [0.2, 0.25) is 5.82 Å². The Morgan fingerprint density at radius 1 is 1.20 bits per heavy atom. The van der Waals surface area contributed by atoms with E-state index in [-0.39, 0.29) is 11.9 Å². The summed E-state index contributed by atoms with van der Waals surface area (Å²) in [6.07, 6.45) is -0.144. The lowest BCUT2D eigenvalue weighted by Crippen LogP contribution is -2.51. The molecule has 0 amide bonds. The van der Waals surface area contributed by atoms with Gasteiger partial charge in [0.15, 0.2) is 17.4 Å². The first-order valence-electron chi connectivity index (χ1n) is 4.56. The molecule has 0 atom stereocenters. The van der Waals surface area contributed by atoms with Crippen molar-refractivity contribution < 1.29 is 17.9 Å². The Bertz CT molecular complexity index is 377. The van der Waals surface area contributed by atoms with E-state index in [0.29, 0.717) is 13.1 Å². The molecule has 2 rings (SSSR count). The van der Waals surface area contributed by atoms with Gasteiger partial charge in [0.05, 0.1) is 0 Å². The first-order valence-corrected chi connectivity index (χ1v) is 4.56. The topological polar surface area (TPSA) is 12.5 Å². The van der Waals surface area contributed by atoms with Gasteiger partial charge < -0.3 is 4.74 Å². The van der Waals surface area contributed by atoms with Gasteiger partial charge in [0, 0.05) is 13.1 Å². The molecule has 1 fully saturated rings. The summed E-state index contributed by atoms with van der Waals surface area (Å²) in [4.78, 5) is 1.97. The van der Waals surface area contributed by atoms with E-state index in [1.165, 1.54) is 0 Å². The Hall–Kier alpha value is -1.23. The molecular weight excluding hydrogens is 207 g/mol. The van der Waals surface area contributed by atoms with E-state index >= 15 is 0 Å². The predicted molar refractivity (Wildman–Crippen MR) is 48.2 cm³/mol. The van der Waals surface area contributed by atoms with Gasteiger partial charge in [-0.1, -0.05) is 0 Å². The normalized spacial score (nSPS) is 17.6.